The molecule has 3 aromatic heterocycles. The van der Waals surface area contributed by atoms with Gasteiger partial charge in [-0.2, -0.15) is 0 Å². The number of imidazole rings is 1. The highest BCUT2D eigenvalue weighted by molar-refractivity contribution is 5.82. The van der Waals surface area contributed by atoms with Crippen molar-refractivity contribution in [2.24, 2.45) is 0 Å². The third-order valence-electron chi connectivity index (χ3n) is 5.28. The van der Waals surface area contributed by atoms with Crippen molar-refractivity contribution >= 4 is 27.9 Å². The molecule has 5 aromatic rings. The summed E-state index contributed by atoms with van der Waals surface area (Å²) < 4.78 is 43.7. The summed E-state index contributed by atoms with van der Waals surface area (Å²) in [6, 6.07) is 6.40. The molecule has 0 aliphatic carbocycles. The number of benzene rings is 2. The number of H-pyrrole nitrogens is 1. The van der Waals surface area contributed by atoms with Crippen LogP contribution in [0.1, 0.15) is 25.2 Å². The molecule has 2 N–H and O–H groups in total. The topological polar surface area (TPSA) is 101 Å². The monoisotopic (exact) mass is 451 g/mol. The van der Waals surface area contributed by atoms with Gasteiger partial charge >= 0.3 is 0 Å². The molecule has 11 heteroatoms. The summed E-state index contributed by atoms with van der Waals surface area (Å²) in [6.45, 7) is 1.83. The maximum Gasteiger partial charge on any atom is 0.266 e. The van der Waals surface area contributed by atoms with Crippen LogP contribution >= 0.6 is 0 Å². The zero-order valence-electron chi connectivity index (χ0n) is 17.2. The van der Waals surface area contributed by atoms with Crippen LogP contribution in [-0.2, 0) is 0 Å². The summed E-state index contributed by atoms with van der Waals surface area (Å²) in [7, 11) is 0. The largest absolute Gasteiger partial charge is 0.358 e. The quantitative estimate of drug-likeness (QED) is 0.418. The van der Waals surface area contributed by atoms with Crippen LogP contribution < -0.4 is 10.9 Å². The Morgan fingerprint density at radius 1 is 1.12 bits per heavy atom. The number of halogens is 3. The van der Waals surface area contributed by atoms with Gasteiger partial charge in [-0.25, -0.2) is 33.1 Å². The first-order valence-corrected chi connectivity index (χ1v) is 10.0. The maximum atomic E-state index is 14.8. The van der Waals surface area contributed by atoms with Crippen LogP contribution in [-0.4, -0.2) is 29.5 Å². The number of rotatable bonds is 5. The van der Waals surface area contributed by atoms with Crippen molar-refractivity contribution in [3.63, 3.8) is 0 Å². The first kappa shape index (κ1) is 20.6. The second-order valence-electron chi connectivity index (χ2n) is 7.27. The van der Waals surface area contributed by atoms with E-state index in [0.29, 0.717) is 23.4 Å². The molecule has 166 valence electrons. The average Bonchev–Trinajstić information content (AvgIpc) is 3.30. The summed E-state index contributed by atoms with van der Waals surface area (Å²) in [5.41, 5.74) is 0.119. The molecule has 0 saturated carbocycles. The fraction of sp³-hybridized carbons (Fsp3) is 0.136. The van der Waals surface area contributed by atoms with Gasteiger partial charge in [0.25, 0.3) is 5.56 Å². The number of nitrogens with zero attached hydrogens (tertiary/aromatic N) is 5. The van der Waals surface area contributed by atoms with Gasteiger partial charge in [0.1, 0.15) is 23.5 Å². The van der Waals surface area contributed by atoms with Gasteiger partial charge in [0.2, 0.25) is 0 Å². The Morgan fingerprint density at radius 3 is 2.79 bits per heavy atom. The van der Waals surface area contributed by atoms with Crippen LogP contribution in [0.25, 0.3) is 27.8 Å². The summed E-state index contributed by atoms with van der Waals surface area (Å²) in [4.78, 5) is 33.3. The Labute approximate surface area is 184 Å². The van der Waals surface area contributed by atoms with Gasteiger partial charge in [-0.05, 0) is 36.8 Å². The number of anilines is 1. The number of hydrogen-bond donors (Lipinski definition) is 2. The van der Waals surface area contributed by atoms with E-state index >= 15 is 0 Å². The van der Waals surface area contributed by atoms with E-state index in [0.717, 1.165) is 16.7 Å². The maximum absolute atomic E-state index is 14.8. The highest BCUT2D eigenvalue weighted by Crippen LogP contribution is 2.27. The van der Waals surface area contributed by atoms with Gasteiger partial charge < -0.3 is 10.3 Å². The fourth-order valence-corrected chi connectivity index (χ4v) is 3.69. The molecule has 0 aliphatic heterocycles. The lowest BCUT2D eigenvalue weighted by atomic mass is 10.1. The zero-order valence-corrected chi connectivity index (χ0v) is 17.2. The van der Waals surface area contributed by atoms with Gasteiger partial charge in [-0.1, -0.05) is 13.0 Å². The molecule has 33 heavy (non-hydrogen) atoms. The van der Waals surface area contributed by atoms with E-state index in [1.807, 2.05) is 6.92 Å². The highest BCUT2D eigenvalue weighted by atomic mass is 19.2. The van der Waals surface area contributed by atoms with Gasteiger partial charge in [0.05, 0.1) is 29.0 Å². The summed E-state index contributed by atoms with van der Waals surface area (Å²) in [6.07, 6.45) is 3.20. The molecular formula is C22H16F3N7O. The van der Waals surface area contributed by atoms with E-state index in [9.17, 15) is 18.0 Å². The van der Waals surface area contributed by atoms with E-state index in [-0.39, 0.29) is 22.4 Å². The number of hydrogen-bond acceptors (Lipinski definition) is 6. The van der Waals surface area contributed by atoms with Gasteiger partial charge in [-0.3, -0.25) is 9.36 Å². The predicted molar refractivity (Wildman–Crippen MR) is 116 cm³/mol. The number of nitrogens with one attached hydrogen (secondary N) is 2. The smallest absolute Gasteiger partial charge is 0.266 e. The molecule has 1 atom stereocenters. The minimum Gasteiger partial charge on any atom is -0.358 e. The molecule has 8 nitrogen and oxygen atoms in total. The molecule has 3 heterocycles. The third-order valence-corrected chi connectivity index (χ3v) is 5.28. The minimum absolute atomic E-state index is 0.0611. The number of aromatic amines is 1. The highest BCUT2D eigenvalue weighted by Gasteiger charge is 2.24. The lowest BCUT2D eigenvalue weighted by molar-refractivity contribution is 0.500. The van der Waals surface area contributed by atoms with Crippen LogP contribution in [0.2, 0.25) is 0 Å². The van der Waals surface area contributed by atoms with E-state index < -0.39 is 29.1 Å². The molecule has 0 bridgehead atoms. The predicted octanol–water partition coefficient (Wildman–Crippen LogP) is 4.03. The summed E-state index contributed by atoms with van der Waals surface area (Å²) in [5.74, 6) is -2.52. The lowest BCUT2D eigenvalue weighted by Gasteiger charge is -2.22. The zero-order chi connectivity index (χ0) is 23.1. The van der Waals surface area contributed by atoms with Crippen molar-refractivity contribution in [1.29, 1.82) is 0 Å². The minimum atomic E-state index is -1.22. The van der Waals surface area contributed by atoms with Crippen molar-refractivity contribution in [1.82, 2.24) is 29.5 Å². The van der Waals surface area contributed by atoms with Crippen molar-refractivity contribution in [3.05, 3.63) is 82.7 Å². The van der Waals surface area contributed by atoms with Gasteiger partial charge in [0.15, 0.2) is 23.1 Å². The van der Waals surface area contributed by atoms with Crippen LogP contribution in [0.5, 0.6) is 0 Å². The molecule has 0 spiro atoms. The summed E-state index contributed by atoms with van der Waals surface area (Å²) in [5, 5.41) is 3.11. The molecule has 2 aromatic carbocycles. The fourth-order valence-electron chi connectivity index (χ4n) is 3.69. The van der Waals surface area contributed by atoms with E-state index in [2.05, 4.69) is 30.2 Å². The normalized spacial score (nSPS) is 12.4. The average molecular weight is 451 g/mol. The first-order chi connectivity index (χ1) is 16.0. The number of aromatic nitrogens is 6. The summed E-state index contributed by atoms with van der Waals surface area (Å²) >= 11 is 0. The molecule has 1 unspecified atom stereocenters. The SMILES string of the molecule is CCC(Nc1ncnc2[nH]cnc12)c1nc2ccc(F)cc2c(=O)n1-c1cccc(F)c1F. The Morgan fingerprint density at radius 2 is 1.97 bits per heavy atom. The molecule has 0 saturated heterocycles. The van der Waals surface area contributed by atoms with Crippen molar-refractivity contribution in [2.45, 2.75) is 19.4 Å². The molecule has 0 fully saturated rings. The third kappa shape index (κ3) is 3.47. The Balaban J connectivity index is 1.76. The van der Waals surface area contributed by atoms with Gasteiger partial charge in [-0.15, -0.1) is 0 Å². The van der Waals surface area contributed by atoms with Crippen LogP contribution in [0, 0.1) is 17.5 Å². The van der Waals surface area contributed by atoms with E-state index in [4.69, 9.17) is 0 Å². The molecule has 0 aliphatic rings. The standard InChI is InChI=1S/C22H16F3N7O/c1-2-14(30-20-18-19(27-9-26-18)28-10-29-20)21-31-15-7-6-11(23)8-12(15)22(33)32(21)16-5-3-4-13(24)17(16)25/h3-10,14H,2H2,1H3,(H2,26,27,28,29,30). The second-order valence-corrected chi connectivity index (χ2v) is 7.27. The Kier molecular flexibility index (Phi) is 5.00. The van der Waals surface area contributed by atoms with Crippen molar-refractivity contribution in [3.8, 4) is 5.69 Å². The van der Waals surface area contributed by atoms with Crippen LogP contribution in [0.15, 0.2) is 53.8 Å². The van der Waals surface area contributed by atoms with Crippen molar-refractivity contribution in [2.75, 3.05) is 5.32 Å². The van der Waals surface area contributed by atoms with Crippen molar-refractivity contribution < 1.29 is 13.2 Å². The van der Waals surface area contributed by atoms with Crippen LogP contribution in [0.3, 0.4) is 0 Å². The number of fused-ring (bicyclic) bond motifs is 2. The molecule has 0 radical (unpaired) electrons. The molecule has 5 rings (SSSR count). The van der Waals surface area contributed by atoms with Crippen LogP contribution in [0.4, 0.5) is 19.0 Å². The molecular weight excluding hydrogens is 435 g/mol. The van der Waals surface area contributed by atoms with E-state index in [1.165, 1.54) is 36.9 Å². The Hall–Kier alpha value is -4.28. The first-order valence-electron chi connectivity index (χ1n) is 10.0. The van der Waals surface area contributed by atoms with E-state index in [1.54, 1.807) is 0 Å². The Bertz CT molecular complexity index is 1560. The molecule has 0 amide bonds. The van der Waals surface area contributed by atoms with Gasteiger partial charge in [0, 0.05) is 0 Å². The lowest BCUT2D eigenvalue weighted by Crippen LogP contribution is -2.29. The second kappa shape index (κ2) is 8.01.